The monoisotopic (exact) mass is 309 g/mol. The predicted molar refractivity (Wildman–Crippen MR) is 75.9 cm³/mol. The lowest BCUT2D eigenvalue weighted by atomic mass is 10.1. The molecule has 1 unspecified atom stereocenters. The normalized spacial score (nSPS) is 12.0. The maximum atomic E-state index is 12.1. The zero-order valence-electron chi connectivity index (χ0n) is 11.1. The molecule has 0 saturated carbocycles. The molecular weight excluding hydrogens is 294 g/mol. The highest BCUT2D eigenvalue weighted by Crippen LogP contribution is 2.22. The molecule has 0 bridgehead atoms. The fourth-order valence-corrected chi connectivity index (χ4v) is 2.54. The van der Waals surface area contributed by atoms with Crippen LogP contribution in [0.5, 0.6) is 0 Å². The SMILES string of the molecule is NCCn1cc(C(=O)NC(CC(=O)O)c2cccs2)nn1. The average molecular weight is 309 g/mol. The third-order valence-corrected chi connectivity index (χ3v) is 3.69. The Bertz CT molecular complexity index is 610. The van der Waals surface area contributed by atoms with Gasteiger partial charge in [-0.25, -0.2) is 0 Å². The minimum atomic E-state index is -0.986. The van der Waals surface area contributed by atoms with E-state index in [2.05, 4.69) is 15.6 Å². The first kappa shape index (κ1) is 15.1. The summed E-state index contributed by atoms with van der Waals surface area (Å²) in [7, 11) is 0. The van der Waals surface area contributed by atoms with Gasteiger partial charge in [0.05, 0.1) is 25.2 Å². The Morgan fingerprint density at radius 2 is 2.33 bits per heavy atom. The summed E-state index contributed by atoms with van der Waals surface area (Å²) in [5.41, 5.74) is 5.53. The summed E-state index contributed by atoms with van der Waals surface area (Å²) in [5.74, 6) is -1.45. The van der Waals surface area contributed by atoms with Crippen molar-refractivity contribution in [2.45, 2.75) is 19.0 Å². The van der Waals surface area contributed by atoms with Gasteiger partial charge in [-0.15, -0.1) is 16.4 Å². The number of nitrogens with zero attached hydrogens (tertiary/aromatic N) is 3. The third-order valence-electron chi connectivity index (χ3n) is 2.70. The third kappa shape index (κ3) is 4.10. The molecule has 2 aromatic heterocycles. The minimum Gasteiger partial charge on any atom is -0.481 e. The van der Waals surface area contributed by atoms with Crippen molar-refractivity contribution in [1.82, 2.24) is 20.3 Å². The molecule has 2 heterocycles. The number of aromatic nitrogens is 3. The summed E-state index contributed by atoms with van der Waals surface area (Å²) >= 11 is 1.39. The van der Waals surface area contributed by atoms with Crippen LogP contribution < -0.4 is 11.1 Å². The van der Waals surface area contributed by atoms with Gasteiger partial charge in [-0.05, 0) is 11.4 Å². The van der Waals surface area contributed by atoms with Crippen LogP contribution in [0.2, 0.25) is 0 Å². The van der Waals surface area contributed by atoms with E-state index in [1.54, 1.807) is 12.1 Å². The van der Waals surface area contributed by atoms with Crippen molar-refractivity contribution in [2.75, 3.05) is 6.54 Å². The van der Waals surface area contributed by atoms with Crippen LogP contribution in [-0.4, -0.2) is 38.5 Å². The van der Waals surface area contributed by atoms with Gasteiger partial charge < -0.3 is 16.2 Å². The van der Waals surface area contributed by atoms with Crippen LogP contribution in [0, 0.1) is 0 Å². The van der Waals surface area contributed by atoms with Gasteiger partial charge in [0, 0.05) is 11.4 Å². The fourth-order valence-electron chi connectivity index (χ4n) is 1.76. The van der Waals surface area contributed by atoms with E-state index in [9.17, 15) is 9.59 Å². The van der Waals surface area contributed by atoms with Crippen LogP contribution >= 0.6 is 11.3 Å². The van der Waals surface area contributed by atoms with Gasteiger partial charge in [0.15, 0.2) is 5.69 Å². The maximum absolute atomic E-state index is 12.1. The number of aliphatic carboxylic acids is 1. The number of carboxylic acid groups (broad SMARTS) is 1. The number of hydrogen-bond donors (Lipinski definition) is 3. The van der Waals surface area contributed by atoms with Crippen LogP contribution in [0.1, 0.15) is 27.8 Å². The maximum Gasteiger partial charge on any atom is 0.305 e. The molecule has 8 nitrogen and oxygen atoms in total. The first-order valence-electron chi connectivity index (χ1n) is 6.26. The van der Waals surface area contributed by atoms with Gasteiger partial charge in [0.2, 0.25) is 0 Å². The summed E-state index contributed by atoms with van der Waals surface area (Å²) in [6.45, 7) is 0.852. The molecule has 0 aliphatic carbocycles. The highest BCUT2D eigenvalue weighted by Gasteiger charge is 2.21. The molecule has 2 aromatic rings. The van der Waals surface area contributed by atoms with Crippen molar-refractivity contribution in [1.29, 1.82) is 0 Å². The number of amides is 1. The molecule has 9 heteroatoms. The van der Waals surface area contributed by atoms with Crippen LogP contribution in [0.3, 0.4) is 0 Å². The molecule has 112 valence electrons. The lowest BCUT2D eigenvalue weighted by Crippen LogP contribution is -2.30. The fraction of sp³-hybridized carbons (Fsp3) is 0.333. The minimum absolute atomic E-state index is 0.135. The number of rotatable bonds is 7. The molecule has 0 radical (unpaired) electrons. The lowest BCUT2D eigenvalue weighted by molar-refractivity contribution is -0.137. The van der Waals surface area contributed by atoms with Gasteiger partial charge in [0.1, 0.15) is 0 Å². The Balaban J connectivity index is 2.08. The van der Waals surface area contributed by atoms with Crippen molar-refractivity contribution >= 4 is 23.2 Å². The predicted octanol–water partition coefficient (Wildman–Crippen LogP) is 0.244. The number of nitrogens with one attached hydrogen (secondary N) is 1. The Kier molecular flexibility index (Phi) is 5.01. The van der Waals surface area contributed by atoms with Gasteiger partial charge in [-0.2, -0.15) is 0 Å². The smallest absolute Gasteiger partial charge is 0.305 e. The van der Waals surface area contributed by atoms with Gasteiger partial charge >= 0.3 is 5.97 Å². The van der Waals surface area contributed by atoms with E-state index in [0.29, 0.717) is 13.1 Å². The summed E-state index contributed by atoms with van der Waals surface area (Å²) in [6.07, 6.45) is 1.29. The second-order valence-electron chi connectivity index (χ2n) is 4.29. The largest absolute Gasteiger partial charge is 0.481 e. The number of thiophene rings is 1. The number of hydrogen-bond acceptors (Lipinski definition) is 6. The molecule has 2 rings (SSSR count). The second-order valence-corrected chi connectivity index (χ2v) is 5.27. The van der Waals surface area contributed by atoms with Gasteiger partial charge in [-0.1, -0.05) is 11.3 Å². The van der Waals surface area contributed by atoms with E-state index in [0.717, 1.165) is 4.88 Å². The number of carboxylic acids is 1. The van der Waals surface area contributed by atoms with Crippen molar-refractivity contribution in [3.05, 3.63) is 34.3 Å². The van der Waals surface area contributed by atoms with Crippen molar-refractivity contribution < 1.29 is 14.7 Å². The molecule has 0 fully saturated rings. The first-order valence-corrected chi connectivity index (χ1v) is 7.14. The van der Waals surface area contributed by atoms with Crippen LogP contribution in [-0.2, 0) is 11.3 Å². The molecule has 1 amide bonds. The Morgan fingerprint density at radius 3 is 2.95 bits per heavy atom. The zero-order valence-corrected chi connectivity index (χ0v) is 11.9. The number of carbonyl (C=O) groups is 2. The van der Waals surface area contributed by atoms with Crippen LogP contribution in [0.25, 0.3) is 0 Å². The molecule has 1 atom stereocenters. The Labute approximate surface area is 124 Å². The second kappa shape index (κ2) is 6.95. The average Bonchev–Trinajstić information content (AvgIpc) is 3.09. The highest BCUT2D eigenvalue weighted by atomic mass is 32.1. The summed E-state index contributed by atoms with van der Waals surface area (Å²) < 4.78 is 1.46. The standard InChI is InChI=1S/C12H15N5O3S/c13-3-4-17-7-9(15-16-17)12(20)14-8(6-11(18)19)10-2-1-5-21-10/h1-2,5,7-8H,3-4,6,13H2,(H,14,20)(H,18,19). The number of nitrogens with two attached hydrogens (primary N) is 1. The van der Waals surface area contributed by atoms with E-state index in [1.807, 2.05) is 5.38 Å². The van der Waals surface area contributed by atoms with Crippen molar-refractivity contribution in [3.8, 4) is 0 Å². The molecule has 0 spiro atoms. The molecule has 0 saturated heterocycles. The topological polar surface area (TPSA) is 123 Å². The van der Waals surface area contributed by atoms with Crippen LogP contribution in [0.4, 0.5) is 0 Å². The summed E-state index contributed by atoms with van der Waals surface area (Å²) in [6, 6.07) is 3.00. The van der Waals surface area contributed by atoms with E-state index >= 15 is 0 Å². The van der Waals surface area contributed by atoms with Crippen molar-refractivity contribution in [2.24, 2.45) is 5.73 Å². The summed E-state index contributed by atoms with van der Waals surface area (Å²) in [5, 5.41) is 21.0. The quantitative estimate of drug-likeness (QED) is 0.673. The molecule has 21 heavy (non-hydrogen) atoms. The molecule has 0 aliphatic rings. The Morgan fingerprint density at radius 1 is 1.52 bits per heavy atom. The zero-order chi connectivity index (χ0) is 15.2. The van der Waals surface area contributed by atoms with Crippen molar-refractivity contribution in [3.63, 3.8) is 0 Å². The van der Waals surface area contributed by atoms with E-state index in [1.165, 1.54) is 22.2 Å². The van der Waals surface area contributed by atoms with Crippen LogP contribution in [0.15, 0.2) is 23.7 Å². The summed E-state index contributed by atoms with van der Waals surface area (Å²) in [4.78, 5) is 23.8. The molecular formula is C12H15N5O3S. The van der Waals surface area contributed by atoms with E-state index < -0.39 is 17.9 Å². The molecule has 0 aliphatic heterocycles. The van der Waals surface area contributed by atoms with E-state index in [4.69, 9.17) is 10.8 Å². The Hall–Kier alpha value is -2.26. The van der Waals surface area contributed by atoms with E-state index in [-0.39, 0.29) is 12.1 Å². The molecule has 4 N–H and O–H groups in total. The highest BCUT2D eigenvalue weighted by molar-refractivity contribution is 7.10. The first-order chi connectivity index (χ1) is 10.1. The lowest BCUT2D eigenvalue weighted by Gasteiger charge is -2.14. The molecule has 0 aromatic carbocycles. The van der Waals surface area contributed by atoms with Gasteiger partial charge in [-0.3, -0.25) is 14.3 Å². The number of carbonyl (C=O) groups excluding carboxylic acids is 1. The van der Waals surface area contributed by atoms with Gasteiger partial charge in [0.25, 0.3) is 5.91 Å².